The van der Waals surface area contributed by atoms with Crippen molar-refractivity contribution in [3.63, 3.8) is 0 Å². The summed E-state index contributed by atoms with van der Waals surface area (Å²) >= 11 is 1.59. The van der Waals surface area contributed by atoms with Crippen molar-refractivity contribution < 1.29 is 19.1 Å². The van der Waals surface area contributed by atoms with Crippen molar-refractivity contribution in [1.82, 2.24) is 10.3 Å². The molecule has 4 aromatic rings. The van der Waals surface area contributed by atoms with Crippen LogP contribution in [0.2, 0.25) is 0 Å². The molecule has 3 aromatic carbocycles. The Labute approximate surface area is 201 Å². The Hall–Kier alpha value is -3.84. The molecular formula is C27H24N2O4S. The van der Waals surface area contributed by atoms with Crippen LogP contribution in [-0.2, 0) is 16.0 Å². The second-order valence-electron chi connectivity index (χ2n) is 7.94. The summed E-state index contributed by atoms with van der Waals surface area (Å²) in [6, 6.07) is 20.0. The average molecular weight is 473 g/mol. The summed E-state index contributed by atoms with van der Waals surface area (Å²) in [4.78, 5) is 42.5. The Morgan fingerprint density at radius 1 is 0.912 bits per heavy atom. The third kappa shape index (κ3) is 5.38. The maximum atomic E-state index is 13.1. The number of esters is 1. The van der Waals surface area contributed by atoms with Crippen LogP contribution in [0.3, 0.4) is 0 Å². The average Bonchev–Trinajstić information content (AvgIpc) is 3.26. The van der Waals surface area contributed by atoms with Crippen LogP contribution in [0, 0.1) is 13.8 Å². The lowest BCUT2D eigenvalue weighted by Crippen LogP contribution is -2.30. The van der Waals surface area contributed by atoms with Crippen molar-refractivity contribution in [1.29, 1.82) is 0 Å². The van der Waals surface area contributed by atoms with Crippen molar-refractivity contribution in [2.24, 2.45) is 0 Å². The lowest BCUT2D eigenvalue weighted by molar-refractivity contribution is -0.124. The highest BCUT2D eigenvalue weighted by molar-refractivity contribution is 7.18. The van der Waals surface area contributed by atoms with Crippen LogP contribution in [0.15, 0.2) is 66.7 Å². The molecule has 0 spiro atoms. The minimum Gasteiger partial charge on any atom is -0.452 e. The minimum atomic E-state index is -0.712. The van der Waals surface area contributed by atoms with E-state index in [4.69, 9.17) is 4.74 Å². The number of nitrogens with zero attached hydrogens (tertiary/aromatic N) is 1. The Morgan fingerprint density at radius 3 is 2.44 bits per heavy atom. The Kier molecular flexibility index (Phi) is 7.13. The summed E-state index contributed by atoms with van der Waals surface area (Å²) < 4.78 is 6.31. The molecule has 0 radical (unpaired) electrons. The predicted octanol–water partition coefficient (Wildman–Crippen LogP) is 4.66. The van der Waals surface area contributed by atoms with Crippen molar-refractivity contribution in [3.05, 3.63) is 99.6 Å². The summed E-state index contributed by atoms with van der Waals surface area (Å²) in [6.45, 7) is 3.72. The van der Waals surface area contributed by atoms with Gasteiger partial charge in [-0.25, -0.2) is 9.78 Å². The Balaban J connectivity index is 1.34. The van der Waals surface area contributed by atoms with E-state index < -0.39 is 18.5 Å². The molecule has 0 fully saturated rings. The minimum absolute atomic E-state index is 0.135. The maximum Gasteiger partial charge on any atom is 0.339 e. The molecule has 0 saturated carbocycles. The van der Waals surface area contributed by atoms with E-state index >= 15 is 0 Å². The molecule has 1 heterocycles. The number of thiazole rings is 1. The number of rotatable bonds is 8. The summed E-state index contributed by atoms with van der Waals surface area (Å²) in [5, 5.41) is 3.67. The van der Waals surface area contributed by atoms with Crippen LogP contribution < -0.4 is 5.32 Å². The largest absolute Gasteiger partial charge is 0.452 e. The van der Waals surface area contributed by atoms with E-state index in [9.17, 15) is 14.4 Å². The second-order valence-corrected chi connectivity index (χ2v) is 9.06. The van der Waals surface area contributed by atoms with Crippen LogP contribution in [0.25, 0.3) is 10.2 Å². The zero-order chi connectivity index (χ0) is 24.1. The number of ether oxygens (including phenoxy) is 1. The summed E-state index contributed by atoms with van der Waals surface area (Å²) in [5.74, 6) is -1.38. The van der Waals surface area contributed by atoms with Gasteiger partial charge in [0.05, 0.1) is 20.8 Å². The van der Waals surface area contributed by atoms with Gasteiger partial charge in [-0.05, 0) is 43.7 Å². The zero-order valence-electron chi connectivity index (χ0n) is 19.0. The number of aryl methyl sites for hydroxylation is 2. The summed E-state index contributed by atoms with van der Waals surface area (Å²) in [5.41, 5.74) is 3.64. The SMILES string of the molecule is Cc1ccc(C)c(C(=O)c2ccccc2C(=O)OCC(=O)NCCc2nc3ccccc3s2)c1. The van der Waals surface area contributed by atoms with Crippen LogP contribution in [0.5, 0.6) is 0 Å². The van der Waals surface area contributed by atoms with E-state index in [1.165, 1.54) is 6.07 Å². The van der Waals surface area contributed by atoms with E-state index in [1.54, 1.807) is 35.6 Å². The van der Waals surface area contributed by atoms with E-state index in [0.29, 0.717) is 18.5 Å². The number of amides is 1. The molecule has 0 bridgehead atoms. The van der Waals surface area contributed by atoms with Crippen LogP contribution in [-0.4, -0.2) is 35.8 Å². The first kappa shape index (κ1) is 23.3. The third-order valence-electron chi connectivity index (χ3n) is 5.36. The van der Waals surface area contributed by atoms with E-state index in [-0.39, 0.29) is 16.9 Å². The summed E-state index contributed by atoms with van der Waals surface area (Å²) in [7, 11) is 0. The fourth-order valence-electron chi connectivity index (χ4n) is 3.58. The highest BCUT2D eigenvalue weighted by Gasteiger charge is 2.21. The van der Waals surface area contributed by atoms with E-state index in [2.05, 4.69) is 10.3 Å². The van der Waals surface area contributed by atoms with E-state index in [0.717, 1.165) is 26.4 Å². The molecule has 0 unspecified atom stereocenters. The van der Waals surface area contributed by atoms with E-state index in [1.807, 2.05) is 50.2 Å². The number of hydrogen-bond donors (Lipinski definition) is 1. The van der Waals surface area contributed by atoms with Gasteiger partial charge in [0.15, 0.2) is 12.4 Å². The molecule has 0 aliphatic heterocycles. The molecule has 7 heteroatoms. The van der Waals surface area contributed by atoms with Gasteiger partial charge in [0, 0.05) is 24.1 Å². The molecule has 172 valence electrons. The predicted molar refractivity (Wildman–Crippen MR) is 132 cm³/mol. The first-order valence-electron chi connectivity index (χ1n) is 10.9. The lowest BCUT2D eigenvalue weighted by Gasteiger charge is -2.11. The normalized spacial score (nSPS) is 10.8. The number of hydrogen-bond acceptors (Lipinski definition) is 6. The Morgan fingerprint density at radius 2 is 1.65 bits per heavy atom. The van der Waals surface area contributed by atoms with Crippen molar-refractivity contribution in [3.8, 4) is 0 Å². The number of ketones is 1. The molecule has 1 N–H and O–H groups in total. The maximum absolute atomic E-state index is 13.1. The highest BCUT2D eigenvalue weighted by atomic mass is 32.1. The first-order valence-corrected chi connectivity index (χ1v) is 11.7. The lowest BCUT2D eigenvalue weighted by atomic mass is 9.94. The first-order chi connectivity index (χ1) is 16.4. The fourth-order valence-corrected chi connectivity index (χ4v) is 4.55. The number of fused-ring (bicyclic) bond motifs is 1. The van der Waals surface area contributed by atoms with Gasteiger partial charge >= 0.3 is 5.97 Å². The quantitative estimate of drug-likeness (QED) is 0.298. The van der Waals surface area contributed by atoms with Crippen LogP contribution in [0.1, 0.15) is 42.4 Å². The monoisotopic (exact) mass is 472 g/mol. The number of aromatic nitrogens is 1. The molecule has 6 nitrogen and oxygen atoms in total. The third-order valence-corrected chi connectivity index (χ3v) is 6.46. The number of nitrogens with one attached hydrogen (secondary N) is 1. The molecule has 0 saturated heterocycles. The highest BCUT2D eigenvalue weighted by Crippen LogP contribution is 2.22. The van der Waals surface area contributed by atoms with Gasteiger partial charge in [-0.1, -0.05) is 48.0 Å². The fraction of sp³-hybridized carbons (Fsp3) is 0.185. The molecule has 4 rings (SSSR count). The van der Waals surface area contributed by atoms with Crippen molar-refractivity contribution in [2.45, 2.75) is 20.3 Å². The number of benzene rings is 3. The molecule has 0 aliphatic carbocycles. The Bertz CT molecular complexity index is 1340. The number of para-hydroxylation sites is 1. The smallest absolute Gasteiger partial charge is 0.339 e. The second kappa shape index (κ2) is 10.4. The molecule has 1 aromatic heterocycles. The van der Waals surface area contributed by atoms with Crippen molar-refractivity contribution >= 4 is 39.2 Å². The molecule has 1 amide bonds. The molecule has 0 atom stereocenters. The van der Waals surface area contributed by atoms with Gasteiger partial charge in [-0.15, -0.1) is 11.3 Å². The van der Waals surface area contributed by atoms with Crippen molar-refractivity contribution in [2.75, 3.05) is 13.2 Å². The summed E-state index contributed by atoms with van der Waals surface area (Å²) in [6.07, 6.45) is 0.589. The van der Waals surface area contributed by atoms with Crippen LogP contribution in [0.4, 0.5) is 0 Å². The standard InChI is InChI=1S/C27H24N2O4S/c1-17-11-12-18(2)21(15-17)26(31)19-7-3-4-8-20(19)27(32)33-16-24(30)28-14-13-25-29-22-9-5-6-10-23(22)34-25/h3-12,15H,13-14,16H2,1-2H3,(H,28,30). The van der Waals surface area contributed by atoms with Gasteiger partial charge < -0.3 is 10.1 Å². The molecular weight excluding hydrogens is 448 g/mol. The zero-order valence-corrected chi connectivity index (χ0v) is 19.8. The van der Waals surface area contributed by atoms with Gasteiger partial charge in [0.2, 0.25) is 0 Å². The molecule has 0 aliphatic rings. The van der Waals surface area contributed by atoms with Gasteiger partial charge in [-0.3, -0.25) is 9.59 Å². The topological polar surface area (TPSA) is 85.4 Å². The van der Waals surface area contributed by atoms with Gasteiger partial charge in [0.25, 0.3) is 5.91 Å². The molecule has 34 heavy (non-hydrogen) atoms. The number of carbonyl (C=O) groups excluding carboxylic acids is 3. The van der Waals surface area contributed by atoms with Crippen LogP contribution >= 0.6 is 11.3 Å². The van der Waals surface area contributed by atoms with Gasteiger partial charge in [-0.2, -0.15) is 0 Å². The van der Waals surface area contributed by atoms with Gasteiger partial charge in [0.1, 0.15) is 0 Å². The number of carbonyl (C=O) groups is 3.